The molecule has 1 saturated heterocycles. The molecule has 2 rings (SSSR count). The molecule has 1 fully saturated rings. The second-order valence-electron chi connectivity index (χ2n) is 5.81. The number of benzene rings is 1. The monoisotopic (exact) mass is 260 g/mol. The Labute approximate surface area is 118 Å². The Morgan fingerprint density at radius 1 is 1.26 bits per heavy atom. The summed E-state index contributed by atoms with van der Waals surface area (Å²) >= 11 is 0. The van der Waals surface area contributed by atoms with Crippen LogP contribution in [0.5, 0.6) is 0 Å². The van der Waals surface area contributed by atoms with Crippen LogP contribution < -0.4 is 10.2 Å². The van der Waals surface area contributed by atoms with Gasteiger partial charge in [-0.05, 0) is 30.0 Å². The molecule has 2 unspecified atom stereocenters. The van der Waals surface area contributed by atoms with Gasteiger partial charge in [0.1, 0.15) is 0 Å². The topological polar surface area (TPSA) is 15.3 Å². The van der Waals surface area contributed by atoms with Crippen LogP contribution in [0.3, 0.4) is 0 Å². The van der Waals surface area contributed by atoms with Crippen molar-refractivity contribution in [2.75, 3.05) is 24.5 Å². The minimum Gasteiger partial charge on any atom is -0.369 e. The standard InChI is InChI=1S/C17H28N2/c1-4-6-15-7-9-16(10-8-15)19-12-11-18-17(13-19)14(3)5-2/h7-10,14,17-18H,4-6,11-13H2,1-3H3. The SMILES string of the molecule is CCCc1ccc(N2CCNC(C(C)CC)C2)cc1. The Hall–Kier alpha value is -1.02. The summed E-state index contributed by atoms with van der Waals surface area (Å²) in [5.41, 5.74) is 2.84. The summed E-state index contributed by atoms with van der Waals surface area (Å²) < 4.78 is 0. The van der Waals surface area contributed by atoms with E-state index in [0.29, 0.717) is 6.04 Å². The van der Waals surface area contributed by atoms with Crippen LogP contribution in [-0.4, -0.2) is 25.7 Å². The van der Waals surface area contributed by atoms with Crippen molar-refractivity contribution in [3.8, 4) is 0 Å². The van der Waals surface area contributed by atoms with E-state index in [1.54, 1.807) is 0 Å². The van der Waals surface area contributed by atoms with Gasteiger partial charge in [0.2, 0.25) is 0 Å². The van der Waals surface area contributed by atoms with E-state index in [0.717, 1.165) is 25.6 Å². The van der Waals surface area contributed by atoms with Gasteiger partial charge in [-0.3, -0.25) is 0 Å². The van der Waals surface area contributed by atoms with Crippen LogP contribution >= 0.6 is 0 Å². The summed E-state index contributed by atoms with van der Waals surface area (Å²) in [4.78, 5) is 2.53. The second-order valence-corrected chi connectivity index (χ2v) is 5.81. The number of piperazine rings is 1. The molecule has 2 nitrogen and oxygen atoms in total. The molecule has 0 radical (unpaired) electrons. The quantitative estimate of drug-likeness (QED) is 0.872. The molecule has 106 valence electrons. The third kappa shape index (κ3) is 3.73. The highest BCUT2D eigenvalue weighted by atomic mass is 15.2. The summed E-state index contributed by atoms with van der Waals surface area (Å²) in [5.74, 6) is 0.752. The summed E-state index contributed by atoms with van der Waals surface area (Å²) in [6, 6.07) is 9.81. The first-order valence-electron chi connectivity index (χ1n) is 7.81. The van der Waals surface area contributed by atoms with Gasteiger partial charge in [0.15, 0.2) is 0 Å². The van der Waals surface area contributed by atoms with Gasteiger partial charge in [-0.25, -0.2) is 0 Å². The molecule has 0 aliphatic carbocycles. The lowest BCUT2D eigenvalue weighted by atomic mass is 9.97. The molecule has 0 spiro atoms. The van der Waals surface area contributed by atoms with E-state index < -0.39 is 0 Å². The van der Waals surface area contributed by atoms with Crippen LogP contribution in [0.4, 0.5) is 5.69 Å². The zero-order valence-corrected chi connectivity index (χ0v) is 12.7. The van der Waals surface area contributed by atoms with Crippen LogP contribution in [0.15, 0.2) is 24.3 Å². The predicted molar refractivity (Wildman–Crippen MR) is 83.9 cm³/mol. The molecule has 1 aromatic rings. The van der Waals surface area contributed by atoms with Gasteiger partial charge in [-0.2, -0.15) is 0 Å². The average Bonchev–Trinajstić information content (AvgIpc) is 2.48. The number of hydrogen-bond donors (Lipinski definition) is 1. The Morgan fingerprint density at radius 2 is 2.00 bits per heavy atom. The maximum Gasteiger partial charge on any atom is 0.0367 e. The summed E-state index contributed by atoms with van der Waals surface area (Å²) in [7, 11) is 0. The highest BCUT2D eigenvalue weighted by molar-refractivity contribution is 5.48. The largest absolute Gasteiger partial charge is 0.369 e. The lowest BCUT2D eigenvalue weighted by Gasteiger charge is -2.38. The van der Waals surface area contributed by atoms with Gasteiger partial charge < -0.3 is 10.2 Å². The third-order valence-corrected chi connectivity index (χ3v) is 4.38. The Kier molecular flexibility index (Phi) is 5.26. The smallest absolute Gasteiger partial charge is 0.0367 e. The van der Waals surface area contributed by atoms with Crippen LogP contribution in [0.1, 0.15) is 39.2 Å². The zero-order valence-electron chi connectivity index (χ0n) is 12.7. The number of rotatable bonds is 5. The number of nitrogens with one attached hydrogen (secondary N) is 1. The van der Waals surface area contributed by atoms with Crippen LogP contribution in [0.2, 0.25) is 0 Å². The number of anilines is 1. The minimum absolute atomic E-state index is 0.633. The summed E-state index contributed by atoms with van der Waals surface area (Å²) in [5, 5.41) is 3.66. The normalized spacial score (nSPS) is 21.4. The van der Waals surface area contributed by atoms with E-state index in [1.165, 1.54) is 30.5 Å². The molecule has 1 aliphatic rings. The number of hydrogen-bond acceptors (Lipinski definition) is 2. The first-order chi connectivity index (χ1) is 9.24. The maximum absolute atomic E-state index is 3.66. The van der Waals surface area contributed by atoms with E-state index in [2.05, 4.69) is 55.3 Å². The molecule has 2 heteroatoms. The fraction of sp³-hybridized carbons (Fsp3) is 0.647. The van der Waals surface area contributed by atoms with E-state index in [-0.39, 0.29) is 0 Å². The fourth-order valence-electron chi connectivity index (χ4n) is 2.84. The van der Waals surface area contributed by atoms with E-state index in [1.807, 2.05) is 0 Å². The van der Waals surface area contributed by atoms with Gasteiger partial charge >= 0.3 is 0 Å². The Morgan fingerprint density at radius 3 is 2.63 bits per heavy atom. The van der Waals surface area contributed by atoms with Crippen LogP contribution in [0, 0.1) is 5.92 Å². The van der Waals surface area contributed by atoms with E-state index >= 15 is 0 Å². The highest BCUT2D eigenvalue weighted by Gasteiger charge is 2.23. The molecule has 1 aliphatic heterocycles. The molecule has 0 saturated carbocycles. The first-order valence-corrected chi connectivity index (χ1v) is 7.81. The van der Waals surface area contributed by atoms with Gasteiger partial charge in [0.25, 0.3) is 0 Å². The highest BCUT2D eigenvalue weighted by Crippen LogP contribution is 2.20. The fourth-order valence-corrected chi connectivity index (χ4v) is 2.84. The summed E-state index contributed by atoms with van der Waals surface area (Å²) in [6.07, 6.45) is 3.67. The zero-order chi connectivity index (χ0) is 13.7. The molecular formula is C17H28N2. The number of aryl methyl sites for hydroxylation is 1. The molecule has 1 N–H and O–H groups in total. The molecular weight excluding hydrogens is 232 g/mol. The third-order valence-electron chi connectivity index (χ3n) is 4.38. The van der Waals surface area contributed by atoms with Crippen molar-refractivity contribution < 1.29 is 0 Å². The minimum atomic E-state index is 0.633. The Balaban J connectivity index is 2.00. The maximum atomic E-state index is 3.66. The van der Waals surface area contributed by atoms with Crippen LogP contribution in [0.25, 0.3) is 0 Å². The molecule has 2 atom stereocenters. The van der Waals surface area contributed by atoms with Crippen molar-refractivity contribution in [3.05, 3.63) is 29.8 Å². The van der Waals surface area contributed by atoms with Crippen molar-refractivity contribution in [3.63, 3.8) is 0 Å². The van der Waals surface area contributed by atoms with Crippen molar-refractivity contribution in [1.82, 2.24) is 5.32 Å². The lowest BCUT2D eigenvalue weighted by molar-refractivity contribution is 0.342. The van der Waals surface area contributed by atoms with Crippen molar-refractivity contribution in [1.29, 1.82) is 0 Å². The van der Waals surface area contributed by atoms with Gasteiger partial charge in [-0.15, -0.1) is 0 Å². The molecule has 19 heavy (non-hydrogen) atoms. The number of nitrogens with zero attached hydrogens (tertiary/aromatic N) is 1. The molecule has 0 aromatic heterocycles. The van der Waals surface area contributed by atoms with E-state index in [4.69, 9.17) is 0 Å². The Bertz CT molecular complexity index is 371. The van der Waals surface area contributed by atoms with Crippen molar-refractivity contribution in [2.24, 2.45) is 5.92 Å². The molecule has 0 bridgehead atoms. The molecule has 0 amide bonds. The van der Waals surface area contributed by atoms with Gasteiger partial charge in [0.05, 0.1) is 0 Å². The van der Waals surface area contributed by atoms with Gasteiger partial charge in [0, 0.05) is 31.4 Å². The predicted octanol–water partition coefficient (Wildman–Crippen LogP) is 3.46. The van der Waals surface area contributed by atoms with Crippen molar-refractivity contribution in [2.45, 2.75) is 46.1 Å². The van der Waals surface area contributed by atoms with Gasteiger partial charge in [-0.1, -0.05) is 45.7 Å². The van der Waals surface area contributed by atoms with Crippen LogP contribution in [-0.2, 0) is 6.42 Å². The lowest BCUT2D eigenvalue weighted by Crippen LogP contribution is -2.53. The average molecular weight is 260 g/mol. The first kappa shape index (κ1) is 14.4. The summed E-state index contributed by atoms with van der Waals surface area (Å²) in [6.45, 7) is 10.2. The van der Waals surface area contributed by atoms with E-state index in [9.17, 15) is 0 Å². The second kappa shape index (κ2) is 6.95. The van der Waals surface area contributed by atoms with Crippen molar-refractivity contribution >= 4 is 5.69 Å². The molecule has 1 heterocycles. The molecule has 1 aromatic carbocycles.